The topological polar surface area (TPSA) is 56.3 Å². The molecule has 8 rings (SSSR count). The first-order valence-electron chi connectivity index (χ1n) is 19.6. The lowest BCUT2D eigenvalue weighted by molar-refractivity contribution is 0.201. The van der Waals surface area contributed by atoms with E-state index < -0.39 is 0 Å². The fourth-order valence-electron chi connectivity index (χ4n) is 8.29. The number of nitrogens with zero attached hydrogens (tertiary/aromatic N) is 3. The predicted octanol–water partition coefficient (Wildman–Crippen LogP) is 10.2. The Hall–Kier alpha value is -5.01. The lowest BCUT2D eigenvalue weighted by atomic mass is 9.97. The Bertz CT molecular complexity index is 2080. The average Bonchev–Trinajstić information content (AvgIpc) is 4.15. The Morgan fingerprint density at radius 2 is 1.26 bits per heavy atom. The molecule has 54 heavy (non-hydrogen) atoms. The quantitative estimate of drug-likeness (QED) is 0.113. The third-order valence-corrected chi connectivity index (χ3v) is 11.6. The van der Waals surface area contributed by atoms with E-state index in [4.69, 9.17) is 23.9 Å². The molecule has 7 nitrogen and oxygen atoms in total. The molecule has 0 spiro atoms. The normalized spacial score (nSPS) is 16.2. The second-order valence-electron chi connectivity index (χ2n) is 15.4. The number of hydrogen-bond acceptors (Lipinski definition) is 7. The summed E-state index contributed by atoms with van der Waals surface area (Å²) in [5.41, 5.74) is 12.1. The van der Waals surface area contributed by atoms with Crippen LogP contribution in [0.15, 0.2) is 91.1 Å². The zero-order valence-electron chi connectivity index (χ0n) is 32.4. The van der Waals surface area contributed by atoms with Gasteiger partial charge in [-0.05, 0) is 134 Å². The van der Waals surface area contributed by atoms with Gasteiger partial charge in [-0.2, -0.15) is 0 Å². The summed E-state index contributed by atoms with van der Waals surface area (Å²) in [7, 11) is 6.92. The van der Waals surface area contributed by atoms with E-state index in [2.05, 4.69) is 102 Å². The van der Waals surface area contributed by atoms with Crippen molar-refractivity contribution in [1.82, 2.24) is 9.88 Å². The van der Waals surface area contributed by atoms with E-state index in [1.807, 2.05) is 6.20 Å². The van der Waals surface area contributed by atoms with Crippen molar-refractivity contribution >= 4 is 5.69 Å². The Labute approximate surface area is 320 Å². The highest BCUT2D eigenvalue weighted by molar-refractivity contribution is 5.71. The van der Waals surface area contributed by atoms with Gasteiger partial charge >= 0.3 is 0 Å². The van der Waals surface area contributed by atoms with Crippen molar-refractivity contribution in [3.05, 3.63) is 119 Å². The van der Waals surface area contributed by atoms with E-state index in [1.165, 1.54) is 70.3 Å². The number of benzene rings is 4. The first-order valence-corrected chi connectivity index (χ1v) is 19.6. The monoisotopic (exact) mass is 723 g/mol. The lowest BCUT2D eigenvalue weighted by Crippen LogP contribution is -2.44. The number of likely N-dealkylation sites (tertiary alicyclic amines) is 1. The molecule has 3 fully saturated rings. The Morgan fingerprint density at radius 3 is 1.87 bits per heavy atom. The third kappa shape index (κ3) is 7.78. The van der Waals surface area contributed by atoms with Gasteiger partial charge in [-0.3, -0.25) is 9.88 Å². The highest BCUT2D eigenvalue weighted by atomic mass is 16.5. The summed E-state index contributed by atoms with van der Waals surface area (Å²) in [5.74, 6) is 4.41. The molecule has 0 unspecified atom stereocenters. The van der Waals surface area contributed by atoms with Crippen LogP contribution in [0.25, 0.3) is 22.4 Å². The SMILES string of the molecule is COc1cc(-c2cccc(CN3CCC(N(Cc4ccnc(-c5cc(OC)c(OC)c(C6CC6)c5)c4)c4ccc(C)cc4)CC3)c2)cc(C2CC2)c1OC. The maximum Gasteiger partial charge on any atom is 0.164 e. The van der Waals surface area contributed by atoms with Gasteiger partial charge in [-0.25, -0.2) is 0 Å². The van der Waals surface area contributed by atoms with Crippen LogP contribution in [0.1, 0.15) is 78.2 Å². The van der Waals surface area contributed by atoms with Crippen molar-refractivity contribution in [2.75, 3.05) is 46.4 Å². The molecule has 2 saturated carbocycles. The molecule has 2 aliphatic carbocycles. The van der Waals surface area contributed by atoms with Crippen molar-refractivity contribution < 1.29 is 18.9 Å². The van der Waals surface area contributed by atoms with Gasteiger partial charge < -0.3 is 23.8 Å². The van der Waals surface area contributed by atoms with Crippen molar-refractivity contribution in [3.8, 4) is 45.4 Å². The van der Waals surface area contributed by atoms with Crippen molar-refractivity contribution in [3.63, 3.8) is 0 Å². The maximum atomic E-state index is 5.79. The molecular weight excluding hydrogens is 671 g/mol. The van der Waals surface area contributed by atoms with Crippen molar-refractivity contribution in [2.24, 2.45) is 0 Å². The molecule has 3 aliphatic rings. The van der Waals surface area contributed by atoms with Gasteiger partial charge in [-0.15, -0.1) is 0 Å². The van der Waals surface area contributed by atoms with Crippen LogP contribution in [0.5, 0.6) is 23.0 Å². The molecule has 0 N–H and O–H groups in total. The van der Waals surface area contributed by atoms with Gasteiger partial charge in [0.25, 0.3) is 0 Å². The molecule has 0 radical (unpaired) electrons. The van der Waals surface area contributed by atoms with Crippen LogP contribution in [-0.2, 0) is 13.1 Å². The van der Waals surface area contributed by atoms with Crippen LogP contribution in [0.3, 0.4) is 0 Å². The van der Waals surface area contributed by atoms with Crippen LogP contribution >= 0.6 is 0 Å². The zero-order chi connectivity index (χ0) is 37.2. The van der Waals surface area contributed by atoms with Gasteiger partial charge in [0, 0.05) is 60.8 Å². The molecule has 0 bridgehead atoms. The number of aromatic nitrogens is 1. The van der Waals surface area contributed by atoms with Crippen LogP contribution in [0.2, 0.25) is 0 Å². The Morgan fingerprint density at radius 1 is 0.630 bits per heavy atom. The number of anilines is 1. The molecule has 4 aromatic carbocycles. The summed E-state index contributed by atoms with van der Waals surface area (Å²) < 4.78 is 23.1. The third-order valence-electron chi connectivity index (χ3n) is 11.6. The maximum absolute atomic E-state index is 5.79. The summed E-state index contributed by atoms with van der Waals surface area (Å²) in [6, 6.07) is 31.7. The molecule has 0 atom stereocenters. The van der Waals surface area contributed by atoms with Gasteiger partial charge in [0.1, 0.15) is 0 Å². The Kier molecular flexibility index (Phi) is 10.5. The number of rotatable bonds is 14. The molecule has 0 amide bonds. The smallest absolute Gasteiger partial charge is 0.164 e. The van der Waals surface area contributed by atoms with Crippen LogP contribution in [-0.4, -0.2) is 57.5 Å². The van der Waals surface area contributed by atoms with E-state index in [-0.39, 0.29) is 0 Å². The van der Waals surface area contributed by atoms with E-state index in [1.54, 1.807) is 28.4 Å². The highest BCUT2D eigenvalue weighted by Gasteiger charge is 2.31. The van der Waals surface area contributed by atoms with E-state index in [9.17, 15) is 0 Å². The summed E-state index contributed by atoms with van der Waals surface area (Å²) in [6.45, 7) is 6.03. The fraction of sp³-hybridized carbons (Fsp3) is 0.383. The van der Waals surface area contributed by atoms with Gasteiger partial charge in [0.2, 0.25) is 0 Å². The summed E-state index contributed by atoms with van der Waals surface area (Å²) in [4.78, 5) is 10.1. The predicted molar refractivity (Wildman–Crippen MR) is 217 cm³/mol. The van der Waals surface area contributed by atoms with Crippen molar-refractivity contribution in [2.45, 2.75) is 76.4 Å². The van der Waals surface area contributed by atoms with Gasteiger partial charge in [0.05, 0.1) is 34.1 Å². The molecule has 1 aromatic heterocycles. The molecule has 5 aromatic rings. The van der Waals surface area contributed by atoms with E-state index in [0.29, 0.717) is 17.9 Å². The second-order valence-corrected chi connectivity index (χ2v) is 15.4. The van der Waals surface area contributed by atoms with Gasteiger partial charge in [-0.1, -0.05) is 35.9 Å². The summed E-state index contributed by atoms with van der Waals surface area (Å²) in [6.07, 6.45) is 8.96. The second kappa shape index (κ2) is 15.8. The number of hydrogen-bond donors (Lipinski definition) is 0. The molecule has 280 valence electrons. The number of aryl methyl sites for hydroxylation is 1. The van der Waals surface area contributed by atoms with Crippen LogP contribution in [0, 0.1) is 6.92 Å². The standard InChI is InChI=1S/C47H53N3O4/c1-31-9-15-39(16-10-31)50(30-33-17-20-48-43(24-33)38-26-42(35-13-14-35)47(54-5)45(28-38)52-3)40-18-21-49(22-19-40)29-32-7-6-8-36(23-32)37-25-41(34-11-12-34)46(53-4)44(27-37)51-2/h6-10,15-17,20,23-28,34-35,40H,11-14,18-19,21-22,29-30H2,1-5H3. The summed E-state index contributed by atoms with van der Waals surface area (Å²) in [5, 5.41) is 0. The molecule has 1 aliphatic heterocycles. The zero-order valence-corrected chi connectivity index (χ0v) is 32.4. The fourth-order valence-corrected chi connectivity index (χ4v) is 8.29. The first-order chi connectivity index (χ1) is 26.4. The average molecular weight is 724 g/mol. The minimum atomic E-state index is 0.432. The molecule has 7 heteroatoms. The van der Waals surface area contributed by atoms with Crippen LogP contribution in [0.4, 0.5) is 5.69 Å². The number of pyridine rings is 1. The van der Waals surface area contributed by atoms with Crippen LogP contribution < -0.4 is 23.8 Å². The largest absolute Gasteiger partial charge is 0.493 e. The first kappa shape index (κ1) is 36.0. The number of methoxy groups -OCH3 is 4. The number of piperidine rings is 1. The van der Waals surface area contributed by atoms with E-state index in [0.717, 1.165) is 73.3 Å². The highest BCUT2D eigenvalue weighted by Crippen LogP contribution is 2.50. The molecular formula is C47H53N3O4. The minimum absolute atomic E-state index is 0.432. The van der Waals surface area contributed by atoms with E-state index >= 15 is 0 Å². The molecule has 2 heterocycles. The lowest BCUT2D eigenvalue weighted by Gasteiger charge is -2.40. The molecule has 1 saturated heterocycles. The number of ether oxygens (including phenoxy) is 4. The minimum Gasteiger partial charge on any atom is -0.493 e. The summed E-state index contributed by atoms with van der Waals surface area (Å²) >= 11 is 0. The van der Waals surface area contributed by atoms with Crippen molar-refractivity contribution in [1.29, 1.82) is 0 Å². The van der Waals surface area contributed by atoms with Gasteiger partial charge in [0.15, 0.2) is 23.0 Å². The Balaban J connectivity index is 0.986.